The number of hydrogen-bond acceptors (Lipinski definition) is 4. The number of carbonyl (C=O) groups is 1. The molecule has 0 atom stereocenters. The lowest BCUT2D eigenvalue weighted by Gasteiger charge is -2.27. The summed E-state index contributed by atoms with van der Waals surface area (Å²) in [5.74, 6) is 1.29. The summed E-state index contributed by atoms with van der Waals surface area (Å²) >= 11 is 0. The molecule has 5 rings (SSSR count). The van der Waals surface area contributed by atoms with Crippen LogP contribution in [-0.4, -0.2) is 21.8 Å². The van der Waals surface area contributed by atoms with Gasteiger partial charge in [-0.15, -0.1) is 0 Å². The van der Waals surface area contributed by atoms with Crippen LogP contribution in [0.2, 0.25) is 0 Å². The zero-order valence-corrected chi connectivity index (χ0v) is 17.5. The molecule has 0 unspecified atom stereocenters. The number of carbonyl (C=O) groups excluding carboxylic acids is 1. The fourth-order valence-electron chi connectivity index (χ4n) is 4.27. The van der Waals surface area contributed by atoms with Gasteiger partial charge in [-0.3, -0.25) is 4.79 Å². The molecular weight excluding hydrogens is 374 g/mol. The predicted octanol–water partition coefficient (Wildman–Crippen LogP) is 4.78. The Kier molecular flexibility index (Phi) is 4.70. The van der Waals surface area contributed by atoms with E-state index in [1.54, 1.807) is 0 Å². The number of amides is 1. The monoisotopic (exact) mass is 401 g/mol. The summed E-state index contributed by atoms with van der Waals surface area (Å²) in [6.45, 7) is 5.71. The second-order valence-electron chi connectivity index (χ2n) is 8.72. The number of hydrogen-bond donors (Lipinski definition) is 1. The highest BCUT2D eigenvalue weighted by Crippen LogP contribution is 2.40. The summed E-state index contributed by atoms with van der Waals surface area (Å²) < 4.78 is 5.58. The first-order valence-corrected chi connectivity index (χ1v) is 10.7. The van der Waals surface area contributed by atoms with Crippen molar-refractivity contribution in [2.45, 2.75) is 58.4 Å². The van der Waals surface area contributed by atoms with Crippen molar-refractivity contribution < 1.29 is 9.53 Å². The van der Waals surface area contributed by atoms with Crippen LogP contribution in [0.15, 0.2) is 42.5 Å². The molecule has 5 nitrogen and oxygen atoms in total. The van der Waals surface area contributed by atoms with Crippen LogP contribution in [0.3, 0.4) is 0 Å². The number of nitrogens with two attached hydrogens (primary N) is 1. The number of fused-ring (bicyclic) bond motifs is 3. The number of nitrogen functional groups attached to an aromatic ring is 1. The minimum atomic E-state index is 0.0302. The van der Waals surface area contributed by atoms with Gasteiger partial charge >= 0.3 is 0 Å². The van der Waals surface area contributed by atoms with Crippen molar-refractivity contribution in [1.29, 1.82) is 0 Å². The Bertz CT molecular complexity index is 1120. The molecule has 1 saturated carbocycles. The molecule has 0 radical (unpaired) electrons. The Morgan fingerprint density at radius 1 is 1.13 bits per heavy atom. The largest absolute Gasteiger partial charge is 0.383 e. The van der Waals surface area contributed by atoms with E-state index in [1.165, 1.54) is 18.4 Å². The van der Waals surface area contributed by atoms with Gasteiger partial charge in [0.05, 0.1) is 18.7 Å². The van der Waals surface area contributed by atoms with E-state index in [4.69, 9.17) is 10.5 Å². The number of nitrogens with zero attached hydrogens (tertiary/aromatic N) is 2. The van der Waals surface area contributed by atoms with Crippen LogP contribution in [0.5, 0.6) is 0 Å². The molecule has 2 N–H and O–H groups in total. The second kappa shape index (κ2) is 7.40. The molecule has 1 aromatic heterocycles. The van der Waals surface area contributed by atoms with Crippen molar-refractivity contribution in [3.8, 4) is 0 Å². The predicted molar refractivity (Wildman–Crippen MR) is 118 cm³/mol. The van der Waals surface area contributed by atoms with Crippen molar-refractivity contribution in [3.05, 3.63) is 70.3 Å². The fourth-order valence-corrected chi connectivity index (χ4v) is 4.27. The SMILES string of the molecule is CC(C)N(Cc1ccc(C2CC2)cc1)C(=O)c1ccc2nc(N)c3c(c2c1)COC3. The van der Waals surface area contributed by atoms with E-state index in [-0.39, 0.29) is 11.9 Å². The van der Waals surface area contributed by atoms with E-state index >= 15 is 0 Å². The lowest BCUT2D eigenvalue weighted by atomic mass is 10.0. The molecule has 2 aliphatic rings. The number of anilines is 1. The molecule has 2 aromatic carbocycles. The Labute approximate surface area is 176 Å². The van der Waals surface area contributed by atoms with Gasteiger partial charge < -0.3 is 15.4 Å². The van der Waals surface area contributed by atoms with Crippen LogP contribution in [0.1, 0.15) is 65.2 Å². The van der Waals surface area contributed by atoms with Gasteiger partial charge in [0, 0.05) is 29.1 Å². The van der Waals surface area contributed by atoms with Gasteiger partial charge in [-0.1, -0.05) is 24.3 Å². The molecule has 0 spiro atoms. The molecule has 0 bridgehead atoms. The van der Waals surface area contributed by atoms with Crippen molar-refractivity contribution in [2.24, 2.45) is 0 Å². The summed E-state index contributed by atoms with van der Waals surface area (Å²) in [6, 6.07) is 14.5. The lowest BCUT2D eigenvalue weighted by Crippen LogP contribution is -2.36. The van der Waals surface area contributed by atoms with Crippen LogP contribution in [-0.2, 0) is 24.5 Å². The maximum Gasteiger partial charge on any atom is 0.254 e. The highest BCUT2D eigenvalue weighted by Gasteiger charge is 2.25. The second-order valence-corrected chi connectivity index (χ2v) is 8.72. The van der Waals surface area contributed by atoms with Crippen molar-refractivity contribution in [2.75, 3.05) is 5.73 Å². The van der Waals surface area contributed by atoms with Gasteiger partial charge in [-0.2, -0.15) is 0 Å². The average molecular weight is 402 g/mol. The van der Waals surface area contributed by atoms with Crippen molar-refractivity contribution in [1.82, 2.24) is 9.88 Å². The first-order chi connectivity index (χ1) is 14.5. The molecular formula is C25H27N3O2. The minimum Gasteiger partial charge on any atom is -0.383 e. The summed E-state index contributed by atoms with van der Waals surface area (Å²) in [5, 5.41) is 0.958. The Morgan fingerprint density at radius 2 is 1.87 bits per heavy atom. The normalized spacial score (nSPS) is 15.6. The minimum absolute atomic E-state index is 0.0302. The topological polar surface area (TPSA) is 68.5 Å². The number of rotatable bonds is 5. The van der Waals surface area contributed by atoms with Gasteiger partial charge in [0.25, 0.3) is 5.91 Å². The molecule has 3 aromatic rings. The molecule has 5 heteroatoms. The van der Waals surface area contributed by atoms with Crippen LogP contribution in [0.4, 0.5) is 5.82 Å². The van der Waals surface area contributed by atoms with Crippen molar-refractivity contribution >= 4 is 22.6 Å². The molecule has 2 heterocycles. The van der Waals surface area contributed by atoms with Crippen LogP contribution in [0, 0.1) is 0 Å². The van der Waals surface area contributed by atoms with Gasteiger partial charge in [-0.25, -0.2) is 4.98 Å². The van der Waals surface area contributed by atoms with E-state index in [2.05, 4.69) is 43.1 Å². The first-order valence-electron chi connectivity index (χ1n) is 10.7. The number of pyridine rings is 1. The van der Waals surface area contributed by atoms with Gasteiger partial charge in [-0.05, 0) is 67.5 Å². The van der Waals surface area contributed by atoms with Gasteiger partial charge in [0.2, 0.25) is 0 Å². The van der Waals surface area contributed by atoms with Crippen LogP contribution >= 0.6 is 0 Å². The zero-order chi connectivity index (χ0) is 20.8. The third kappa shape index (κ3) is 3.43. The quantitative estimate of drug-likeness (QED) is 0.668. The molecule has 154 valence electrons. The smallest absolute Gasteiger partial charge is 0.254 e. The number of benzene rings is 2. The third-order valence-corrected chi connectivity index (χ3v) is 6.24. The van der Waals surface area contributed by atoms with Crippen molar-refractivity contribution in [3.63, 3.8) is 0 Å². The molecule has 0 saturated heterocycles. The van der Waals surface area contributed by atoms with Gasteiger partial charge in [0.1, 0.15) is 5.82 Å². The van der Waals surface area contributed by atoms with E-state index in [9.17, 15) is 4.79 Å². The molecule has 1 fully saturated rings. The molecule has 1 aliphatic carbocycles. The highest BCUT2D eigenvalue weighted by atomic mass is 16.5. The van der Waals surface area contributed by atoms with Crippen LogP contribution < -0.4 is 5.73 Å². The Morgan fingerprint density at radius 3 is 2.57 bits per heavy atom. The zero-order valence-electron chi connectivity index (χ0n) is 17.5. The summed E-state index contributed by atoms with van der Waals surface area (Å²) in [6.07, 6.45) is 2.60. The number of aromatic nitrogens is 1. The number of ether oxygens (including phenoxy) is 1. The summed E-state index contributed by atoms with van der Waals surface area (Å²) in [4.78, 5) is 19.9. The lowest BCUT2D eigenvalue weighted by molar-refractivity contribution is 0.0690. The van der Waals surface area contributed by atoms with Crippen LogP contribution in [0.25, 0.3) is 10.9 Å². The maximum atomic E-state index is 13.4. The highest BCUT2D eigenvalue weighted by molar-refractivity contribution is 5.99. The summed E-state index contributed by atoms with van der Waals surface area (Å²) in [5.41, 5.74) is 12.1. The van der Waals surface area contributed by atoms with E-state index < -0.39 is 0 Å². The van der Waals surface area contributed by atoms with Gasteiger partial charge in [0.15, 0.2) is 0 Å². The molecule has 1 amide bonds. The third-order valence-electron chi connectivity index (χ3n) is 6.24. The van der Waals surface area contributed by atoms with E-state index in [0.29, 0.717) is 31.1 Å². The standard InChI is InChI=1S/C25H27N3O2/c1-15(2)28(12-16-3-5-17(6-4-16)18-7-8-18)25(29)19-9-10-23-20(11-19)21-13-30-14-22(21)24(26)27-23/h3-6,9-11,15,18H,7-8,12-14H2,1-2H3,(H2,26,27). The van der Waals surface area contributed by atoms with E-state index in [0.717, 1.165) is 33.5 Å². The molecule has 30 heavy (non-hydrogen) atoms. The maximum absolute atomic E-state index is 13.4. The van der Waals surface area contributed by atoms with E-state index in [1.807, 2.05) is 23.1 Å². The Balaban J connectivity index is 1.44. The molecule has 1 aliphatic heterocycles. The Hall–Kier alpha value is -2.92. The first kappa shape index (κ1) is 19.1. The summed E-state index contributed by atoms with van der Waals surface area (Å²) in [7, 11) is 0. The average Bonchev–Trinajstić information content (AvgIpc) is 3.47. The fraction of sp³-hybridized carbons (Fsp3) is 0.360.